The summed E-state index contributed by atoms with van der Waals surface area (Å²) in [5, 5.41) is 0. The Bertz CT molecular complexity index is 492. The molecule has 0 unspecified atom stereocenters. The first kappa shape index (κ1) is 15.7. The van der Waals surface area contributed by atoms with Crippen molar-refractivity contribution in [2.24, 2.45) is 4.40 Å². The monoisotopic (exact) mass is 293 g/mol. The van der Waals surface area contributed by atoms with E-state index in [0.29, 0.717) is 5.56 Å². The van der Waals surface area contributed by atoms with Crippen molar-refractivity contribution in [1.29, 1.82) is 0 Å². The average Bonchev–Trinajstić information content (AvgIpc) is 2.22. The molecule has 0 radical (unpaired) electrons. The van der Waals surface area contributed by atoms with Crippen molar-refractivity contribution in [3.05, 3.63) is 29.8 Å². The van der Waals surface area contributed by atoms with E-state index in [1.807, 2.05) is 0 Å². The first-order valence-electron chi connectivity index (χ1n) is 5.40. The minimum Gasteiger partial charge on any atom is -0.406 e. The van der Waals surface area contributed by atoms with E-state index < -0.39 is 22.1 Å². The summed E-state index contributed by atoms with van der Waals surface area (Å²) in [4.78, 5) is 0. The van der Waals surface area contributed by atoms with Gasteiger partial charge in [-0.05, 0) is 38.5 Å². The molecule has 106 valence electrons. The van der Waals surface area contributed by atoms with Crippen LogP contribution >= 0.6 is 0 Å². The fourth-order valence-electron chi connectivity index (χ4n) is 1.06. The second-order valence-electron chi connectivity index (χ2n) is 4.72. The molecule has 7 heteroatoms. The van der Waals surface area contributed by atoms with Crippen molar-refractivity contribution in [1.82, 2.24) is 0 Å². The third-order valence-electron chi connectivity index (χ3n) is 1.91. The van der Waals surface area contributed by atoms with Crippen molar-refractivity contribution in [2.45, 2.75) is 31.9 Å². The summed E-state index contributed by atoms with van der Waals surface area (Å²) in [6, 6.07) is 5.32. The van der Waals surface area contributed by atoms with Gasteiger partial charge in [-0.15, -0.1) is 13.2 Å². The van der Waals surface area contributed by atoms with Gasteiger partial charge in [0.15, 0.2) is 0 Å². The molecule has 0 fully saturated rings. The maximum absolute atomic E-state index is 12.0. The summed E-state index contributed by atoms with van der Waals surface area (Å²) in [7, 11) is -1.46. The van der Waals surface area contributed by atoms with Crippen LogP contribution in [0.3, 0.4) is 0 Å². The number of halogens is 3. The van der Waals surface area contributed by atoms with Crippen LogP contribution in [0.5, 0.6) is 5.75 Å². The molecule has 0 amide bonds. The van der Waals surface area contributed by atoms with Crippen molar-refractivity contribution in [3.63, 3.8) is 0 Å². The fraction of sp³-hybridized carbons (Fsp3) is 0.417. The molecule has 0 spiro atoms. The number of hydrogen-bond donors (Lipinski definition) is 0. The maximum Gasteiger partial charge on any atom is 0.573 e. The van der Waals surface area contributed by atoms with Gasteiger partial charge in [0.1, 0.15) is 16.7 Å². The van der Waals surface area contributed by atoms with Gasteiger partial charge >= 0.3 is 6.36 Å². The minimum absolute atomic E-state index is 0.335. The minimum atomic E-state index is -4.73. The SMILES string of the molecule is CC(C)(C)[S@](=O)N=Cc1cccc(OC(F)(F)F)c1. The lowest BCUT2D eigenvalue weighted by molar-refractivity contribution is -0.274. The van der Waals surface area contributed by atoms with Crippen LogP contribution in [0.2, 0.25) is 0 Å². The molecule has 1 rings (SSSR count). The molecule has 19 heavy (non-hydrogen) atoms. The van der Waals surface area contributed by atoms with E-state index in [9.17, 15) is 17.4 Å². The van der Waals surface area contributed by atoms with Gasteiger partial charge in [0.25, 0.3) is 0 Å². The summed E-state index contributed by atoms with van der Waals surface area (Å²) in [6.45, 7) is 5.26. The number of alkyl halides is 3. The molecular weight excluding hydrogens is 279 g/mol. The first-order valence-corrected chi connectivity index (χ1v) is 6.50. The van der Waals surface area contributed by atoms with Gasteiger partial charge in [-0.3, -0.25) is 0 Å². The van der Waals surface area contributed by atoms with E-state index >= 15 is 0 Å². The van der Waals surface area contributed by atoms with Crippen LogP contribution in [-0.2, 0) is 11.0 Å². The third kappa shape index (κ3) is 5.87. The molecular formula is C12H14F3NO2S. The third-order valence-corrected chi connectivity index (χ3v) is 3.26. The van der Waals surface area contributed by atoms with Crippen LogP contribution in [0, 0.1) is 0 Å². The second-order valence-corrected chi connectivity index (χ2v) is 6.65. The van der Waals surface area contributed by atoms with E-state index in [2.05, 4.69) is 9.13 Å². The zero-order valence-electron chi connectivity index (χ0n) is 10.7. The molecule has 3 nitrogen and oxygen atoms in total. The molecule has 1 aromatic carbocycles. The number of hydrogen-bond acceptors (Lipinski definition) is 2. The van der Waals surface area contributed by atoms with Crippen molar-refractivity contribution in [3.8, 4) is 5.75 Å². The lowest BCUT2D eigenvalue weighted by atomic mass is 10.2. The van der Waals surface area contributed by atoms with Crippen LogP contribution in [0.4, 0.5) is 13.2 Å². The van der Waals surface area contributed by atoms with Crippen LogP contribution in [0.1, 0.15) is 26.3 Å². The Morgan fingerprint density at radius 1 is 1.26 bits per heavy atom. The highest BCUT2D eigenvalue weighted by Gasteiger charge is 2.31. The molecule has 0 aliphatic heterocycles. The molecule has 1 aromatic rings. The van der Waals surface area contributed by atoms with Crippen LogP contribution in [0.25, 0.3) is 0 Å². The smallest absolute Gasteiger partial charge is 0.406 e. The Balaban J connectivity index is 2.84. The number of benzene rings is 1. The lowest BCUT2D eigenvalue weighted by Crippen LogP contribution is -2.19. The zero-order chi connectivity index (χ0) is 14.7. The molecule has 0 saturated heterocycles. The molecule has 0 aromatic heterocycles. The quantitative estimate of drug-likeness (QED) is 0.800. The van der Waals surface area contributed by atoms with Crippen molar-refractivity contribution in [2.75, 3.05) is 0 Å². The predicted octanol–water partition coefficient (Wildman–Crippen LogP) is 3.47. The average molecular weight is 293 g/mol. The summed E-state index contributed by atoms with van der Waals surface area (Å²) < 4.78 is 54.8. The van der Waals surface area contributed by atoms with E-state index in [4.69, 9.17) is 0 Å². The maximum atomic E-state index is 12.0. The number of rotatable bonds is 3. The van der Waals surface area contributed by atoms with Crippen LogP contribution in [-0.4, -0.2) is 21.5 Å². The molecule has 0 aliphatic rings. The van der Waals surface area contributed by atoms with E-state index in [-0.39, 0.29) is 5.75 Å². The van der Waals surface area contributed by atoms with Gasteiger partial charge in [0, 0.05) is 6.21 Å². The Kier molecular flexibility index (Phi) is 4.73. The Hall–Kier alpha value is -1.37. The number of nitrogens with zero attached hydrogens (tertiary/aromatic N) is 1. The fourth-order valence-corrected chi connectivity index (χ4v) is 1.59. The normalized spacial score (nSPS) is 14.6. The van der Waals surface area contributed by atoms with Crippen molar-refractivity contribution >= 4 is 17.2 Å². The topological polar surface area (TPSA) is 38.7 Å². The standard InChI is InChI=1S/C12H14F3NO2S/c1-11(2,3)19(17)16-8-9-5-4-6-10(7-9)18-12(13,14)15/h4-8H,1-3H3/t19-/m0/s1. The summed E-state index contributed by atoms with van der Waals surface area (Å²) >= 11 is 0. The zero-order valence-corrected chi connectivity index (χ0v) is 11.5. The van der Waals surface area contributed by atoms with Gasteiger partial charge in [0.05, 0.1) is 4.75 Å². The van der Waals surface area contributed by atoms with Gasteiger partial charge in [0.2, 0.25) is 0 Å². The Morgan fingerprint density at radius 2 is 1.89 bits per heavy atom. The highest BCUT2D eigenvalue weighted by atomic mass is 32.2. The molecule has 1 atom stereocenters. The predicted molar refractivity (Wildman–Crippen MR) is 68.6 cm³/mol. The largest absolute Gasteiger partial charge is 0.573 e. The van der Waals surface area contributed by atoms with E-state index in [1.54, 1.807) is 26.8 Å². The van der Waals surface area contributed by atoms with Gasteiger partial charge < -0.3 is 4.74 Å². The van der Waals surface area contributed by atoms with E-state index in [1.165, 1.54) is 24.4 Å². The van der Waals surface area contributed by atoms with E-state index in [0.717, 1.165) is 0 Å². The summed E-state index contributed by atoms with van der Waals surface area (Å²) in [5.41, 5.74) is 0.388. The highest BCUT2D eigenvalue weighted by molar-refractivity contribution is 7.85. The second kappa shape index (κ2) is 5.73. The van der Waals surface area contributed by atoms with Crippen molar-refractivity contribution < 1.29 is 22.1 Å². The van der Waals surface area contributed by atoms with Gasteiger partial charge in [-0.2, -0.15) is 4.40 Å². The number of ether oxygens (including phenoxy) is 1. The lowest BCUT2D eigenvalue weighted by Gasteiger charge is -2.12. The molecule has 0 bridgehead atoms. The van der Waals surface area contributed by atoms with Crippen LogP contribution < -0.4 is 4.74 Å². The van der Waals surface area contributed by atoms with Crippen LogP contribution in [0.15, 0.2) is 28.7 Å². The molecule has 0 N–H and O–H groups in total. The molecule has 0 saturated carbocycles. The Labute approximate surface area is 112 Å². The highest BCUT2D eigenvalue weighted by Crippen LogP contribution is 2.23. The van der Waals surface area contributed by atoms with Gasteiger partial charge in [-0.25, -0.2) is 4.21 Å². The molecule has 0 heterocycles. The Morgan fingerprint density at radius 3 is 2.42 bits per heavy atom. The first-order chi connectivity index (χ1) is 8.58. The van der Waals surface area contributed by atoms with Gasteiger partial charge in [-0.1, -0.05) is 12.1 Å². The summed E-state index contributed by atoms with van der Waals surface area (Å²) in [5.74, 6) is -0.335. The summed E-state index contributed by atoms with van der Waals surface area (Å²) in [6.07, 6.45) is -3.46. The molecule has 0 aliphatic carbocycles.